The van der Waals surface area contributed by atoms with Gasteiger partial charge in [-0.3, -0.25) is 4.79 Å². The normalized spacial score (nSPS) is 10.7. The zero-order valence-corrected chi connectivity index (χ0v) is 13.4. The molecule has 112 valence electrons. The van der Waals surface area contributed by atoms with Gasteiger partial charge in [-0.15, -0.1) is 0 Å². The third-order valence-electron chi connectivity index (χ3n) is 2.86. The van der Waals surface area contributed by atoms with Crippen LogP contribution in [0.15, 0.2) is 12.3 Å². The molecule has 5 nitrogen and oxygen atoms in total. The average Bonchev–Trinajstić information content (AvgIpc) is 2.42. The zero-order chi connectivity index (χ0) is 15.1. The van der Waals surface area contributed by atoms with Gasteiger partial charge in [0.25, 0.3) is 5.91 Å². The van der Waals surface area contributed by atoms with Crippen molar-refractivity contribution in [2.45, 2.75) is 13.3 Å². The standard InChI is InChI=1S/C14H23ClN4O/c1-5-6-16-13-12(15)9-11(10-17-13)14(20)19(4)8-7-18(2)3/h9-10H,5-8H2,1-4H3,(H,16,17). The summed E-state index contributed by atoms with van der Waals surface area (Å²) < 4.78 is 0. The second-order valence-corrected chi connectivity index (χ2v) is 5.42. The number of likely N-dealkylation sites (N-methyl/N-ethyl adjacent to an activating group) is 2. The van der Waals surface area contributed by atoms with Crippen molar-refractivity contribution >= 4 is 23.3 Å². The van der Waals surface area contributed by atoms with Crippen LogP contribution in [0.3, 0.4) is 0 Å². The Balaban J connectivity index is 2.71. The first kappa shape index (κ1) is 16.7. The summed E-state index contributed by atoms with van der Waals surface area (Å²) in [5, 5.41) is 3.60. The number of pyridine rings is 1. The number of carbonyl (C=O) groups is 1. The summed E-state index contributed by atoms with van der Waals surface area (Å²) in [4.78, 5) is 20.1. The SMILES string of the molecule is CCCNc1ncc(C(=O)N(C)CCN(C)C)cc1Cl. The Bertz CT molecular complexity index is 451. The van der Waals surface area contributed by atoms with Crippen molar-refractivity contribution in [3.8, 4) is 0 Å². The molecule has 0 radical (unpaired) electrons. The molecule has 0 aromatic carbocycles. The molecule has 1 heterocycles. The Morgan fingerprint density at radius 1 is 1.35 bits per heavy atom. The molecule has 0 fully saturated rings. The molecule has 0 saturated carbocycles. The minimum absolute atomic E-state index is 0.0664. The molecule has 1 aromatic rings. The number of aromatic nitrogens is 1. The summed E-state index contributed by atoms with van der Waals surface area (Å²) in [5.41, 5.74) is 0.512. The van der Waals surface area contributed by atoms with Crippen LogP contribution in [0, 0.1) is 0 Å². The highest BCUT2D eigenvalue weighted by Gasteiger charge is 2.14. The highest BCUT2D eigenvalue weighted by Crippen LogP contribution is 2.20. The Kier molecular flexibility index (Phi) is 6.75. The second kappa shape index (κ2) is 8.07. The zero-order valence-electron chi connectivity index (χ0n) is 12.6. The number of hydrogen-bond donors (Lipinski definition) is 1. The lowest BCUT2D eigenvalue weighted by atomic mass is 10.2. The Morgan fingerprint density at radius 2 is 2.05 bits per heavy atom. The van der Waals surface area contributed by atoms with Gasteiger partial charge < -0.3 is 15.1 Å². The van der Waals surface area contributed by atoms with E-state index in [1.54, 1.807) is 24.2 Å². The third-order valence-corrected chi connectivity index (χ3v) is 3.15. The summed E-state index contributed by atoms with van der Waals surface area (Å²) in [5.74, 6) is 0.560. The first-order valence-corrected chi connectivity index (χ1v) is 7.13. The summed E-state index contributed by atoms with van der Waals surface area (Å²) in [6.45, 7) is 4.36. The van der Waals surface area contributed by atoms with Gasteiger partial charge in [-0.05, 0) is 26.6 Å². The first-order valence-electron chi connectivity index (χ1n) is 6.75. The van der Waals surface area contributed by atoms with E-state index in [9.17, 15) is 4.79 Å². The van der Waals surface area contributed by atoms with Crippen LogP contribution < -0.4 is 5.32 Å². The van der Waals surface area contributed by atoms with Gasteiger partial charge in [0, 0.05) is 32.9 Å². The predicted octanol–water partition coefficient (Wildman–Crippen LogP) is 2.19. The smallest absolute Gasteiger partial charge is 0.255 e. The van der Waals surface area contributed by atoms with Gasteiger partial charge in [-0.2, -0.15) is 0 Å². The molecule has 6 heteroatoms. The fourth-order valence-electron chi connectivity index (χ4n) is 1.60. The summed E-state index contributed by atoms with van der Waals surface area (Å²) >= 11 is 6.14. The van der Waals surface area contributed by atoms with E-state index in [0.29, 0.717) is 22.9 Å². The van der Waals surface area contributed by atoms with E-state index < -0.39 is 0 Å². The van der Waals surface area contributed by atoms with Crippen LogP contribution in [0.1, 0.15) is 23.7 Å². The largest absolute Gasteiger partial charge is 0.369 e. The summed E-state index contributed by atoms with van der Waals surface area (Å²) in [6, 6.07) is 1.67. The summed E-state index contributed by atoms with van der Waals surface area (Å²) in [6.07, 6.45) is 2.56. The number of amides is 1. The third kappa shape index (κ3) is 4.98. The molecule has 1 amide bonds. The van der Waals surface area contributed by atoms with E-state index in [4.69, 9.17) is 11.6 Å². The van der Waals surface area contributed by atoms with Crippen molar-refractivity contribution in [1.29, 1.82) is 0 Å². The fraction of sp³-hybridized carbons (Fsp3) is 0.571. The number of nitrogens with one attached hydrogen (secondary N) is 1. The molecule has 0 saturated heterocycles. The molecule has 0 spiro atoms. The lowest BCUT2D eigenvalue weighted by Gasteiger charge is -2.20. The van der Waals surface area contributed by atoms with E-state index >= 15 is 0 Å². The van der Waals surface area contributed by atoms with Gasteiger partial charge in [-0.1, -0.05) is 18.5 Å². The number of hydrogen-bond acceptors (Lipinski definition) is 4. The molecular weight excluding hydrogens is 276 g/mol. The maximum atomic E-state index is 12.2. The van der Waals surface area contributed by atoms with Crippen LogP contribution in [0.4, 0.5) is 5.82 Å². The molecule has 0 bridgehead atoms. The lowest BCUT2D eigenvalue weighted by Crippen LogP contribution is -2.33. The number of carbonyl (C=O) groups excluding carboxylic acids is 1. The lowest BCUT2D eigenvalue weighted by molar-refractivity contribution is 0.0786. The van der Waals surface area contributed by atoms with Gasteiger partial charge in [0.05, 0.1) is 10.6 Å². The molecule has 1 N–H and O–H groups in total. The topological polar surface area (TPSA) is 48.5 Å². The number of anilines is 1. The maximum absolute atomic E-state index is 12.2. The van der Waals surface area contributed by atoms with E-state index in [2.05, 4.69) is 17.2 Å². The Hall–Kier alpha value is -1.33. The average molecular weight is 299 g/mol. The fourth-order valence-corrected chi connectivity index (χ4v) is 1.83. The van der Waals surface area contributed by atoms with Crippen molar-refractivity contribution in [1.82, 2.24) is 14.8 Å². The molecule has 0 aliphatic carbocycles. The predicted molar refractivity (Wildman–Crippen MR) is 83.5 cm³/mol. The van der Waals surface area contributed by atoms with Gasteiger partial charge in [0.15, 0.2) is 0 Å². The van der Waals surface area contributed by atoms with Crippen LogP contribution in [0.2, 0.25) is 5.02 Å². The summed E-state index contributed by atoms with van der Waals surface area (Å²) in [7, 11) is 5.73. The number of nitrogens with zero attached hydrogens (tertiary/aromatic N) is 3. The van der Waals surface area contributed by atoms with E-state index in [1.807, 2.05) is 19.0 Å². The molecule has 0 unspecified atom stereocenters. The minimum atomic E-state index is -0.0664. The Morgan fingerprint density at radius 3 is 2.60 bits per heavy atom. The van der Waals surface area contributed by atoms with Crippen LogP contribution >= 0.6 is 11.6 Å². The highest BCUT2D eigenvalue weighted by molar-refractivity contribution is 6.33. The quantitative estimate of drug-likeness (QED) is 0.838. The van der Waals surface area contributed by atoms with Gasteiger partial charge in [0.2, 0.25) is 0 Å². The number of halogens is 1. The molecule has 1 rings (SSSR count). The van der Waals surface area contributed by atoms with Gasteiger partial charge in [0.1, 0.15) is 5.82 Å². The molecule has 20 heavy (non-hydrogen) atoms. The molecule has 0 aliphatic rings. The number of rotatable bonds is 7. The minimum Gasteiger partial charge on any atom is -0.369 e. The first-order chi connectivity index (χ1) is 9.45. The molecular formula is C14H23ClN4O. The second-order valence-electron chi connectivity index (χ2n) is 5.01. The monoisotopic (exact) mass is 298 g/mol. The Labute approximate surface area is 125 Å². The molecule has 0 atom stereocenters. The van der Waals surface area contributed by atoms with Crippen LogP contribution in [0.5, 0.6) is 0 Å². The van der Waals surface area contributed by atoms with Crippen molar-refractivity contribution in [2.24, 2.45) is 0 Å². The van der Waals surface area contributed by atoms with Crippen molar-refractivity contribution in [2.75, 3.05) is 46.1 Å². The highest BCUT2D eigenvalue weighted by atomic mass is 35.5. The van der Waals surface area contributed by atoms with Crippen molar-refractivity contribution in [3.05, 3.63) is 22.8 Å². The van der Waals surface area contributed by atoms with E-state index in [0.717, 1.165) is 19.5 Å². The van der Waals surface area contributed by atoms with Crippen LogP contribution in [0.25, 0.3) is 0 Å². The van der Waals surface area contributed by atoms with Crippen LogP contribution in [-0.2, 0) is 0 Å². The van der Waals surface area contributed by atoms with Crippen LogP contribution in [-0.4, -0.2) is 61.5 Å². The molecule has 0 aliphatic heterocycles. The van der Waals surface area contributed by atoms with E-state index in [1.165, 1.54) is 0 Å². The van der Waals surface area contributed by atoms with Gasteiger partial charge in [-0.25, -0.2) is 4.98 Å². The van der Waals surface area contributed by atoms with E-state index in [-0.39, 0.29) is 5.91 Å². The maximum Gasteiger partial charge on any atom is 0.255 e. The van der Waals surface area contributed by atoms with Crippen molar-refractivity contribution < 1.29 is 4.79 Å². The van der Waals surface area contributed by atoms with Crippen molar-refractivity contribution in [3.63, 3.8) is 0 Å². The molecule has 1 aromatic heterocycles. The van der Waals surface area contributed by atoms with Gasteiger partial charge >= 0.3 is 0 Å².